The van der Waals surface area contributed by atoms with Gasteiger partial charge in [-0.1, -0.05) is 42.5 Å². The Balaban J connectivity index is 1.70. The van der Waals surface area contributed by atoms with Gasteiger partial charge < -0.3 is 4.74 Å². The van der Waals surface area contributed by atoms with Crippen LogP contribution in [0.3, 0.4) is 0 Å². The molecule has 4 nitrogen and oxygen atoms in total. The van der Waals surface area contributed by atoms with Crippen LogP contribution in [-0.4, -0.2) is 18.7 Å². The molecule has 0 unspecified atom stereocenters. The molecular formula is C22H19F3N2O2. The molecule has 0 bridgehead atoms. The van der Waals surface area contributed by atoms with Crippen molar-refractivity contribution in [3.8, 4) is 5.75 Å². The zero-order chi connectivity index (χ0) is 20.9. The zero-order valence-corrected chi connectivity index (χ0v) is 15.7. The molecule has 0 saturated heterocycles. The Labute approximate surface area is 166 Å². The molecule has 0 spiro atoms. The van der Waals surface area contributed by atoms with Crippen molar-refractivity contribution in [3.63, 3.8) is 0 Å². The molecule has 0 aliphatic heterocycles. The number of carbonyl (C=O) groups excluding carboxylic acids is 1. The molecular weight excluding hydrogens is 381 g/mol. The third-order valence-corrected chi connectivity index (χ3v) is 4.23. The summed E-state index contributed by atoms with van der Waals surface area (Å²) in [4.78, 5) is 12.0. The van der Waals surface area contributed by atoms with Gasteiger partial charge in [-0.3, -0.25) is 4.79 Å². The van der Waals surface area contributed by atoms with E-state index in [-0.39, 0.29) is 12.0 Å². The van der Waals surface area contributed by atoms with Crippen molar-refractivity contribution in [1.82, 2.24) is 5.43 Å². The quantitative estimate of drug-likeness (QED) is 0.470. The van der Waals surface area contributed by atoms with Crippen molar-refractivity contribution in [3.05, 3.63) is 77.4 Å². The second-order valence-electron chi connectivity index (χ2n) is 6.30. The largest absolute Gasteiger partial charge is 0.493 e. The Bertz CT molecular complexity index is 1050. The highest BCUT2D eigenvalue weighted by Gasteiger charge is 2.30. The van der Waals surface area contributed by atoms with E-state index >= 15 is 0 Å². The van der Waals surface area contributed by atoms with Gasteiger partial charge in [0.05, 0.1) is 24.8 Å². The lowest BCUT2D eigenvalue weighted by molar-refractivity contribution is -0.137. The summed E-state index contributed by atoms with van der Waals surface area (Å²) in [5.74, 6) is 0.254. The second kappa shape index (κ2) is 8.77. The number of rotatable bonds is 6. The van der Waals surface area contributed by atoms with Crippen LogP contribution in [0, 0.1) is 0 Å². The number of amides is 1. The van der Waals surface area contributed by atoms with Gasteiger partial charge in [0.25, 0.3) is 0 Å². The molecule has 0 aromatic heterocycles. The van der Waals surface area contributed by atoms with Crippen molar-refractivity contribution in [2.75, 3.05) is 6.61 Å². The number of nitrogens with zero attached hydrogens (tertiary/aromatic N) is 1. The first-order chi connectivity index (χ1) is 13.9. The van der Waals surface area contributed by atoms with Crippen LogP contribution < -0.4 is 10.2 Å². The predicted molar refractivity (Wildman–Crippen MR) is 106 cm³/mol. The molecule has 150 valence electrons. The Morgan fingerprint density at radius 3 is 2.55 bits per heavy atom. The second-order valence-corrected chi connectivity index (χ2v) is 6.30. The van der Waals surface area contributed by atoms with Gasteiger partial charge in [0.2, 0.25) is 5.91 Å². The van der Waals surface area contributed by atoms with Gasteiger partial charge in [0, 0.05) is 10.9 Å². The highest BCUT2D eigenvalue weighted by molar-refractivity contribution is 6.02. The normalized spacial score (nSPS) is 11.7. The summed E-state index contributed by atoms with van der Waals surface area (Å²) in [5, 5.41) is 5.78. The van der Waals surface area contributed by atoms with Gasteiger partial charge >= 0.3 is 6.18 Å². The molecule has 7 heteroatoms. The zero-order valence-electron chi connectivity index (χ0n) is 15.7. The molecule has 0 atom stereocenters. The maximum atomic E-state index is 12.8. The molecule has 3 aromatic rings. The van der Waals surface area contributed by atoms with Gasteiger partial charge in [-0.15, -0.1) is 0 Å². The monoisotopic (exact) mass is 400 g/mol. The summed E-state index contributed by atoms with van der Waals surface area (Å²) in [6.07, 6.45) is -3.15. The highest BCUT2D eigenvalue weighted by Crippen LogP contribution is 2.30. The van der Waals surface area contributed by atoms with E-state index in [1.54, 1.807) is 0 Å². The van der Waals surface area contributed by atoms with E-state index in [0.29, 0.717) is 6.61 Å². The molecule has 0 saturated carbocycles. The number of hydrogen-bond donors (Lipinski definition) is 1. The molecule has 0 radical (unpaired) electrons. The third-order valence-electron chi connectivity index (χ3n) is 4.23. The maximum Gasteiger partial charge on any atom is 0.416 e. The van der Waals surface area contributed by atoms with E-state index < -0.39 is 17.6 Å². The fraction of sp³-hybridized carbons (Fsp3) is 0.182. The molecule has 1 N–H and O–H groups in total. The summed E-state index contributed by atoms with van der Waals surface area (Å²) in [7, 11) is 0. The summed E-state index contributed by atoms with van der Waals surface area (Å²) < 4.78 is 43.9. The molecule has 1 amide bonds. The van der Waals surface area contributed by atoms with Crippen LogP contribution in [0.15, 0.2) is 65.8 Å². The van der Waals surface area contributed by atoms with Crippen molar-refractivity contribution in [2.45, 2.75) is 19.5 Å². The molecule has 29 heavy (non-hydrogen) atoms. The van der Waals surface area contributed by atoms with Crippen LogP contribution in [0.4, 0.5) is 13.2 Å². The first-order valence-electron chi connectivity index (χ1n) is 9.01. The van der Waals surface area contributed by atoms with Crippen LogP contribution in [0.5, 0.6) is 5.75 Å². The Morgan fingerprint density at radius 1 is 1.07 bits per heavy atom. The van der Waals surface area contributed by atoms with Crippen molar-refractivity contribution >= 4 is 22.9 Å². The topological polar surface area (TPSA) is 50.7 Å². The Kier molecular flexibility index (Phi) is 6.16. The molecule has 0 aliphatic rings. The minimum atomic E-state index is -4.45. The summed E-state index contributed by atoms with van der Waals surface area (Å²) in [5.41, 5.74) is 2.62. The summed E-state index contributed by atoms with van der Waals surface area (Å²) >= 11 is 0. The van der Waals surface area contributed by atoms with Crippen LogP contribution in [-0.2, 0) is 17.4 Å². The van der Waals surface area contributed by atoms with Gasteiger partial charge in [0.1, 0.15) is 5.75 Å². The number of hydrazone groups is 1. The number of benzene rings is 3. The van der Waals surface area contributed by atoms with Gasteiger partial charge in [0.15, 0.2) is 0 Å². The number of ether oxygens (including phenoxy) is 1. The van der Waals surface area contributed by atoms with E-state index in [0.717, 1.165) is 34.2 Å². The van der Waals surface area contributed by atoms with Crippen LogP contribution >= 0.6 is 0 Å². The standard InChI is InChI=1S/C22H19F3N2O2/c1-2-29-20-11-10-16(18-8-3-4-9-19(18)20)14-26-27-21(28)13-15-6-5-7-17(12-15)22(23,24)25/h3-12,14H,2,13H2,1H3,(H,27,28). The van der Waals surface area contributed by atoms with Crippen molar-refractivity contribution in [2.24, 2.45) is 5.10 Å². The average Bonchev–Trinajstić information content (AvgIpc) is 2.69. The third kappa shape index (κ3) is 5.13. The van der Waals surface area contributed by atoms with E-state index in [4.69, 9.17) is 4.74 Å². The van der Waals surface area contributed by atoms with Crippen LogP contribution in [0.2, 0.25) is 0 Å². The van der Waals surface area contributed by atoms with Crippen molar-refractivity contribution < 1.29 is 22.7 Å². The molecule has 0 fully saturated rings. The van der Waals surface area contributed by atoms with E-state index in [2.05, 4.69) is 10.5 Å². The molecule has 0 heterocycles. The van der Waals surface area contributed by atoms with Crippen LogP contribution in [0.25, 0.3) is 10.8 Å². The summed E-state index contributed by atoms with van der Waals surface area (Å²) in [6.45, 7) is 2.45. The first kappa shape index (κ1) is 20.4. The highest BCUT2D eigenvalue weighted by atomic mass is 19.4. The number of halogens is 3. The minimum Gasteiger partial charge on any atom is -0.493 e. The molecule has 3 aromatic carbocycles. The smallest absolute Gasteiger partial charge is 0.416 e. The Morgan fingerprint density at radius 2 is 1.83 bits per heavy atom. The minimum absolute atomic E-state index is 0.203. The van der Waals surface area contributed by atoms with E-state index in [1.807, 2.05) is 43.3 Å². The maximum absolute atomic E-state index is 12.8. The molecule has 3 rings (SSSR count). The number of fused-ring (bicyclic) bond motifs is 1. The predicted octanol–water partition coefficient (Wildman–Crippen LogP) is 4.95. The average molecular weight is 400 g/mol. The number of alkyl halides is 3. The fourth-order valence-corrected chi connectivity index (χ4v) is 2.95. The van der Waals surface area contributed by atoms with Crippen LogP contribution in [0.1, 0.15) is 23.6 Å². The number of hydrogen-bond acceptors (Lipinski definition) is 3. The van der Waals surface area contributed by atoms with E-state index in [1.165, 1.54) is 18.3 Å². The Hall–Kier alpha value is -3.35. The van der Waals surface area contributed by atoms with Gasteiger partial charge in [-0.2, -0.15) is 18.3 Å². The fourth-order valence-electron chi connectivity index (χ4n) is 2.95. The van der Waals surface area contributed by atoms with Crippen molar-refractivity contribution in [1.29, 1.82) is 0 Å². The number of nitrogens with one attached hydrogen (secondary N) is 1. The number of carbonyl (C=O) groups is 1. The lowest BCUT2D eigenvalue weighted by Gasteiger charge is -2.09. The van der Waals surface area contributed by atoms with Gasteiger partial charge in [-0.05, 0) is 36.1 Å². The SMILES string of the molecule is CCOc1ccc(C=NNC(=O)Cc2cccc(C(F)(F)F)c2)c2ccccc12. The lowest BCUT2D eigenvalue weighted by Crippen LogP contribution is -2.20. The lowest BCUT2D eigenvalue weighted by atomic mass is 10.0. The van der Waals surface area contributed by atoms with Gasteiger partial charge in [-0.25, -0.2) is 5.43 Å². The van der Waals surface area contributed by atoms with E-state index in [9.17, 15) is 18.0 Å². The molecule has 0 aliphatic carbocycles. The summed E-state index contributed by atoms with van der Waals surface area (Å²) in [6, 6.07) is 16.0. The first-order valence-corrected chi connectivity index (χ1v) is 9.01.